The van der Waals surface area contributed by atoms with Crippen molar-refractivity contribution in [3.63, 3.8) is 0 Å². The molecule has 0 unspecified atom stereocenters. The van der Waals surface area contributed by atoms with Crippen molar-refractivity contribution in [2.45, 2.75) is 26.2 Å². The summed E-state index contributed by atoms with van der Waals surface area (Å²) in [5, 5.41) is 3.06. The van der Waals surface area contributed by atoms with Crippen LogP contribution < -0.4 is 5.32 Å². The molecule has 1 aromatic carbocycles. The maximum atomic E-state index is 11.4. The number of amides is 1. The molecule has 0 saturated heterocycles. The van der Waals surface area contributed by atoms with Crippen molar-refractivity contribution in [2.24, 2.45) is 0 Å². The lowest BCUT2D eigenvalue weighted by Crippen LogP contribution is -2.19. The van der Waals surface area contributed by atoms with Crippen LogP contribution in [0.1, 0.15) is 36.7 Å². The van der Waals surface area contributed by atoms with Crippen molar-refractivity contribution in [1.29, 1.82) is 0 Å². The van der Waals surface area contributed by atoms with Gasteiger partial charge in [0.25, 0.3) is 5.91 Å². The number of carbonyl (C=O) groups excluding carboxylic acids is 1. The lowest BCUT2D eigenvalue weighted by Gasteiger charge is -2.19. The van der Waals surface area contributed by atoms with Crippen LogP contribution >= 0.6 is 11.6 Å². The monoisotopic (exact) mass is 225 g/mol. The Balaban J connectivity index is 3.15. The molecule has 0 aliphatic rings. The van der Waals surface area contributed by atoms with Crippen LogP contribution in [-0.2, 0) is 5.41 Å². The average molecular weight is 226 g/mol. The maximum Gasteiger partial charge on any atom is 0.252 e. The average Bonchev–Trinajstić information content (AvgIpc) is 2.15. The van der Waals surface area contributed by atoms with E-state index in [9.17, 15) is 4.79 Å². The van der Waals surface area contributed by atoms with Gasteiger partial charge in [-0.05, 0) is 23.1 Å². The highest BCUT2D eigenvalue weighted by atomic mass is 35.5. The van der Waals surface area contributed by atoms with Gasteiger partial charge in [0.15, 0.2) is 0 Å². The third-order valence-corrected chi connectivity index (χ3v) is 2.62. The van der Waals surface area contributed by atoms with Crippen LogP contribution in [0.25, 0.3) is 0 Å². The fourth-order valence-electron chi connectivity index (χ4n) is 1.30. The van der Waals surface area contributed by atoms with Gasteiger partial charge in [0.1, 0.15) is 0 Å². The zero-order chi connectivity index (χ0) is 11.6. The first kappa shape index (κ1) is 12.1. The molecule has 82 valence electrons. The second-order valence-corrected chi connectivity index (χ2v) is 4.93. The summed E-state index contributed by atoms with van der Waals surface area (Å²) in [7, 11) is 1.59. The number of benzene rings is 1. The highest BCUT2D eigenvalue weighted by Gasteiger charge is 2.16. The summed E-state index contributed by atoms with van der Waals surface area (Å²) >= 11 is 6.05. The van der Waals surface area contributed by atoms with Crippen LogP contribution in [0.3, 0.4) is 0 Å². The summed E-state index contributed by atoms with van der Waals surface area (Å²) in [5.41, 5.74) is 1.69. The lowest BCUT2D eigenvalue weighted by molar-refractivity contribution is 0.0963. The second kappa shape index (κ2) is 4.23. The molecular formula is C12H16ClNO. The van der Waals surface area contributed by atoms with E-state index >= 15 is 0 Å². The SMILES string of the molecule is CNC(=O)c1ccc(C(C)(C)C)cc1Cl. The van der Waals surface area contributed by atoms with Gasteiger partial charge in [-0.3, -0.25) is 4.79 Å². The summed E-state index contributed by atoms with van der Waals surface area (Å²) in [4.78, 5) is 11.4. The van der Waals surface area contributed by atoms with Gasteiger partial charge in [0.2, 0.25) is 0 Å². The van der Waals surface area contributed by atoms with Crippen LogP contribution in [0, 0.1) is 0 Å². The molecule has 1 N–H and O–H groups in total. The van der Waals surface area contributed by atoms with Gasteiger partial charge in [0.05, 0.1) is 10.6 Å². The number of hydrogen-bond donors (Lipinski definition) is 1. The molecular weight excluding hydrogens is 210 g/mol. The standard InChI is InChI=1S/C12H16ClNO/c1-12(2,3)8-5-6-9(10(13)7-8)11(15)14-4/h5-7H,1-4H3,(H,14,15). The molecule has 3 heteroatoms. The summed E-state index contributed by atoms with van der Waals surface area (Å²) in [6.07, 6.45) is 0. The van der Waals surface area contributed by atoms with Gasteiger partial charge in [-0.15, -0.1) is 0 Å². The molecule has 0 aliphatic heterocycles. The van der Waals surface area contributed by atoms with Crippen molar-refractivity contribution in [2.75, 3.05) is 7.05 Å². The molecule has 0 saturated carbocycles. The minimum Gasteiger partial charge on any atom is -0.355 e. The van der Waals surface area contributed by atoms with Crippen molar-refractivity contribution in [1.82, 2.24) is 5.32 Å². The lowest BCUT2D eigenvalue weighted by atomic mass is 9.86. The van der Waals surface area contributed by atoms with Crippen LogP contribution in [0.5, 0.6) is 0 Å². The highest BCUT2D eigenvalue weighted by molar-refractivity contribution is 6.33. The fraction of sp³-hybridized carbons (Fsp3) is 0.417. The molecule has 0 heterocycles. The van der Waals surface area contributed by atoms with Gasteiger partial charge < -0.3 is 5.32 Å². The van der Waals surface area contributed by atoms with Crippen molar-refractivity contribution >= 4 is 17.5 Å². The molecule has 1 aromatic rings. The minimum absolute atomic E-state index is 0.0465. The topological polar surface area (TPSA) is 29.1 Å². The number of nitrogens with one attached hydrogen (secondary N) is 1. The quantitative estimate of drug-likeness (QED) is 0.782. The third kappa shape index (κ3) is 2.72. The van der Waals surface area contributed by atoms with E-state index in [0.717, 1.165) is 5.56 Å². The van der Waals surface area contributed by atoms with Gasteiger partial charge in [-0.25, -0.2) is 0 Å². The first-order chi connectivity index (χ1) is 6.86. The Bertz CT molecular complexity index is 380. The van der Waals surface area contributed by atoms with Gasteiger partial charge in [0, 0.05) is 7.05 Å². The molecule has 2 nitrogen and oxygen atoms in total. The Hall–Kier alpha value is -1.02. The zero-order valence-corrected chi connectivity index (χ0v) is 10.3. The first-order valence-corrected chi connectivity index (χ1v) is 5.26. The number of halogens is 1. The molecule has 0 fully saturated rings. The molecule has 1 rings (SSSR count). The van der Waals surface area contributed by atoms with Crippen LogP contribution in [-0.4, -0.2) is 13.0 Å². The number of rotatable bonds is 1. The van der Waals surface area contributed by atoms with E-state index in [1.807, 2.05) is 12.1 Å². The Morgan fingerprint density at radius 1 is 1.33 bits per heavy atom. The maximum absolute atomic E-state index is 11.4. The van der Waals surface area contributed by atoms with Gasteiger partial charge >= 0.3 is 0 Å². The normalized spacial score (nSPS) is 11.3. The fourth-order valence-corrected chi connectivity index (χ4v) is 1.57. The molecule has 1 amide bonds. The summed E-state index contributed by atoms with van der Waals surface area (Å²) < 4.78 is 0. The molecule has 0 radical (unpaired) electrons. The summed E-state index contributed by atoms with van der Waals surface area (Å²) in [6.45, 7) is 6.33. The van der Waals surface area contributed by atoms with Crippen LogP contribution in [0.2, 0.25) is 5.02 Å². The summed E-state index contributed by atoms with van der Waals surface area (Å²) in [6, 6.07) is 5.56. The molecule has 0 bridgehead atoms. The molecule has 15 heavy (non-hydrogen) atoms. The first-order valence-electron chi connectivity index (χ1n) is 4.88. The van der Waals surface area contributed by atoms with E-state index < -0.39 is 0 Å². The van der Waals surface area contributed by atoms with Crippen molar-refractivity contribution in [3.8, 4) is 0 Å². The van der Waals surface area contributed by atoms with E-state index in [1.54, 1.807) is 13.1 Å². The Morgan fingerprint density at radius 3 is 2.33 bits per heavy atom. The third-order valence-electron chi connectivity index (χ3n) is 2.31. The summed E-state index contributed by atoms with van der Waals surface area (Å²) in [5.74, 6) is -0.152. The largest absolute Gasteiger partial charge is 0.355 e. The highest BCUT2D eigenvalue weighted by Crippen LogP contribution is 2.26. The molecule has 0 spiro atoms. The van der Waals surface area contributed by atoms with E-state index in [1.165, 1.54) is 0 Å². The molecule has 0 aliphatic carbocycles. The van der Waals surface area contributed by atoms with Crippen LogP contribution in [0.4, 0.5) is 0 Å². The Morgan fingerprint density at radius 2 is 1.93 bits per heavy atom. The van der Waals surface area contributed by atoms with Crippen molar-refractivity contribution < 1.29 is 4.79 Å². The van der Waals surface area contributed by atoms with E-state index in [-0.39, 0.29) is 11.3 Å². The molecule has 0 atom stereocenters. The zero-order valence-electron chi connectivity index (χ0n) is 9.52. The number of carbonyl (C=O) groups is 1. The second-order valence-electron chi connectivity index (χ2n) is 4.52. The van der Waals surface area contributed by atoms with E-state index in [0.29, 0.717) is 10.6 Å². The van der Waals surface area contributed by atoms with Crippen LogP contribution in [0.15, 0.2) is 18.2 Å². The molecule has 0 aromatic heterocycles. The Kier molecular flexibility index (Phi) is 3.40. The van der Waals surface area contributed by atoms with E-state index in [2.05, 4.69) is 26.1 Å². The Labute approximate surface area is 95.6 Å². The van der Waals surface area contributed by atoms with Gasteiger partial charge in [-0.2, -0.15) is 0 Å². The predicted molar refractivity (Wildman–Crippen MR) is 63.5 cm³/mol. The predicted octanol–water partition coefficient (Wildman–Crippen LogP) is 3.00. The number of hydrogen-bond acceptors (Lipinski definition) is 1. The van der Waals surface area contributed by atoms with Gasteiger partial charge in [-0.1, -0.05) is 38.4 Å². The minimum atomic E-state index is -0.152. The van der Waals surface area contributed by atoms with E-state index in [4.69, 9.17) is 11.6 Å². The smallest absolute Gasteiger partial charge is 0.252 e. The van der Waals surface area contributed by atoms with Crippen molar-refractivity contribution in [3.05, 3.63) is 34.3 Å².